The molecule has 0 amide bonds. The fourth-order valence-electron chi connectivity index (χ4n) is 1.95. The summed E-state index contributed by atoms with van der Waals surface area (Å²) < 4.78 is 1.02. The molecule has 0 N–H and O–H groups in total. The molecule has 0 bridgehead atoms. The van der Waals surface area contributed by atoms with Crippen molar-refractivity contribution in [2.45, 2.75) is 33.0 Å². The van der Waals surface area contributed by atoms with Gasteiger partial charge in [-0.15, -0.1) is 0 Å². The molecule has 0 saturated carbocycles. The van der Waals surface area contributed by atoms with E-state index in [1.807, 2.05) is 12.3 Å². The van der Waals surface area contributed by atoms with E-state index < -0.39 is 0 Å². The second-order valence-corrected chi connectivity index (χ2v) is 5.87. The second-order valence-electron chi connectivity index (χ2n) is 4.95. The van der Waals surface area contributed by atoms with Gasteiger partial charge in [0.25, 0.3) is 0 Å². The minimum atomic E-state index is 0.491. The van der Waals surface area contributed by atoms with Gasteiger partial charge in [0.1, 0.15) is 0 Å². The van der Waals surface area contributed by atoms with Crippen molar-refractivity contribution in [3.05, 3.63) is 64.4 Å². The smallest absolute Gasteiger partial charge is 0.0545 e. The summed E-state index contributed by atoms with van der Waals surface area (Å²) in [5.74, 6) is 0. The monoisotopic (exact) mass is 318 g/mol. The van der Waals surface area contributed by atoms with Crippen molar-refractivity contribution in [2.75, 3.05) is 0 Å². The predicted octanol–water partition coefficient (Wildman–Crippen LogP) is 4.25. The Morgan fingerprint density at radius 2 is 1.79 bits per heavy atom. The number of nitrogens with zero attached hydrogens (tertiary/aromatic N) is 2. The van der Waals surface area contributed by atoms with Gasteiger partial charge in [0, 0.05) is 29.8 Å². The van der Waals surface area contributed by atoms with Crippen molar-refractivity contribution < 1.29 is 0 Å². The summed E-state index contributed by atoms with van der Waals surface area (Å²) in [5, 5.41) is 0. The van der Waals surface area contributed by atoms with E-state index in [1.165, 1.54) is 5.56 Å². The van der Waals surface area contributed by atoms with E-state index in [2.05, 4.69) is 76.1 Å². The minimum absolute atomic E-state index is 0.491. The van der Waals surface area contributed by atoms with E-state index in [-0.39, 0.29) is 0 Å². The van der Waals surface area contributed by atoms with Crippen LogP contribution < -0.4 is 0 Å². The Labute approximate surface area is 123 Å². The van der Waals surface area contributed by atoms with Crippen molar-refractivity contribution in [1.29, 1.82) is 0 Å². The molecule has 0 unspecified atom stereocenters. The van der Waals surface area contributed by atoms with E-state index in [4.69, 9.17) is 0 Å². The van der Waals surface area contributed by atoms with Gasteiger partial charge in [0.2, 0.25) is 0 Å². The number of hydrogen-bond donors (Lipinski definition) is 0. The maximum absolute atomic E-state index is 4.45. The van der Waals surface area contributed by atoms with E-state index in [0.717, 1.165) is 23.3 Å². The largest absolute Gasteiger partial charge is 0.291 e. The Kier molecular flexibility index (Phi) is 5.11. The van der Waals surface area contributed by atoms with Crippen LogP contribution in [0.2, 0.25) is 0 Å². The standard InChI is InChI=1S/C16H19BrN2/c1-13(2)19(11-14-6-4-3-5-7-14)12-16-9-8-15(17)10-18-16/h3-10,13H,11-12H2,1-2H3. The van der Waals surface area contributed by atoms with E-state index in [0.29, 0.717) is 6.04 Å². The number of hydrogen-bond acceptors (Lipinski definition) is 2. The fourth-order valence-corrected chi connectivity index (χ4v) is 2.18. The van der Waals surface area contributed by atoms with Gasteiger partial charge in [-0.2, -0.15) is 0 Å². The molecular weight excluding hydrogens is 300 g/mol. The molecule has 2 aromatic rings. The lowest BCUT2D eigenvalue weighted by Crippen LogP contribution is -2.30. The van der Waals surface area contributed by atoms with Crippen LogP contribution in [0.3, 0.4) is 0 Å². The van der Waals surface area contributed by atoms with Crippen molar-refractivity contribution in [2.24, 2.45) is 0 Å². The highest BCUT2D eigenvalue weighted by Crippen LogP contribution is 2.13. The lowest BCUT2D eigenvalue weighted by atomic mass is 10.2. The van der Waals surface area contributed by atoms with Gasteiger partial charge in [0.05, 0.1) is 5.69 Å². The average molecular weight is 319 g/mol. The molecule has 0 spiro atoms. The maximum atomic E-state index is 4.45. The molecule has 0 saturated heterocycles. The molecule has 0 aliphatic heterocycles. The first kappa shape index (κ1) is 14.2. The van der Waals surface area contributed by atoms with Crippen molar-refractivity contribution in [3.8, 4) is 0 Å². The highest BCUT2D eigenvalue weighted by Gasteiger charge is 2.11. The zero-order chi connectivity index (χ0) is 13.7. The van der Waals surface area contributed by atoms with Gasteiger partial charge in [0.15, 0.2) is 0 Å². The summed E-state index contributed by atoms with van der Waals surface area (Å²) in [5.41, 5.74) is 2.45. The molecule has 0 aliphatic carbocycles. The van der Waals surface area contributed by atoms with Crippen LogP contribution in [-0.4, -0.2) is 15.9 Å². The van der Waals surface area contributed by atoms with E-state index >= 15 is 0 Å². The SMILES string of the molecule is CC(C)N(Cc1ccccc1)Cc1ccc(Br)cn1. The highest BCUT2D eigenvalue weighted by molar-refractivity contribution is 9.10. The van der Waals surface area contributed by atoms with Crippen LogP contribution in [0.15, 0.2) is 53.1 Å². The first-order valence-corrected chi connectivity index (χ1v) is 7.33. The van der Waals surface area contributed by atoms with Gasteiger partial charge in [-0.05, 0) is 47.5 Å². The molecule has 1 aromatic carbocycles. The molecule has 0 aliphatic rings. The van der Waals surface area contributed by atoms with Crippen LogP contribution in [0, 0.1) is 0 Å². The molecule has 19 heavy (non-hydrogen) atoms. The van der Waals surface area contributed by atoms with Crippen LogP contribution in [0.25, 0.3) is 0 Å². The first-order chi connectivity index (χ1) is 9.15. The lowest BCUT2D eigenvalue weighted by molar-refractivity contribution is 0.201. The zero-order valence-electron chi connectivity index (χ0n) is 11.4. The zero-order valence-corrected chi connectivity index (χ0v) is 13.0. The van der Waals surface area contributed by atoms with Crippen molar-refractivity contribution in [3.63, 3.8) is 0 Å². The van der Waals surface area contributed by atoms with Gasteiger partial charge in [-0.25, -0.2) is 0 Å². The molecule has 2 nitrogen and oxygen atoms in total. The molecule has 3 heteroatoms. The number of halogens is 1. The van der Waals surface area contributed by atoms with Crippen molar-refractivity contribution >= 4 is 15.9 Å². The Balaban J connectivity index is 2.06. The normalized spacial score (nSPS) is 11.2. The third kappa shape index (κ3) is 4.44. The third-order valence-electron chi connectivity index (χ3n) is 3.11. The van der Waals surface area contributed by atoms with Crippen LogP contribution in [-0.2, 0) is 13.1 Å². The Hall–Kier alpha value is -1.19. The van der Waals surface area contributed by atoms with Crippen molar-refractivity contribution in [1.82, 2.24) is 9.88 Å². The third-order valence-corrected chi connectivity index (χ3v) is 3.58. The molecule has 1 heterocycles. The van der Waals surface area contributed by atoms with Gasteiger partial charge >= 0.3 is 0 Å². The van der Waals surface area contributed by atoms with E-state index in [9.17, 15) is 0 Å². The number of benzene rings is 1. The molecule has 1 aromatic heterocycles. The molecule has 100 valence electrons. The summed E-state index contributed by atoms with van der Waals surface area (Å²) in [6.45, 7) is 6.28. The van der Waals surface area contributed by atoms with Gasteiger partial charge in [-0.1, -0.05) is 30.3 Å². The van der Waals surface area contributed by atoms with Crippen LogP contribution in [0.4, 0.5) is 0 Å². The van der Waals surface area contributed by atoms with E-state index in [1.54, 1.807) is 0 Å². The summed E-state index contributed by atoms with van der Waals surface area (Å²) in [6, 6.07) is 15.2. The quantitative estimate of drug-likeness (QED) is 0.819. The van der Waals surface area contributed by atoms with Gasteiger partial charge in [-0.3, -0.25) is 9.88 Å². The van der Waals surface area contributed by atoms with Crippen LogP contribution in [0.5, 0.6) is 0 Å². The average Bonchev–Trinajstić information content (AvgIpc) is 2.41. The van der Waals surface area contributed by atoms with Crippen LogP contribution in [0.1, 0.15) is 25.1 Å². The molecule has 2 rings (SSSR count). The molecular formula is C16H19BrN2. The number of rotatable bonds is 5. The summed E-state index contributed by atoms with van der Waals surface area (Å²) in [4.78, 5) is 6.88. The fraction of sp³-hybridized carbons (Fsp3) is 0.312. The first-order valence-electron chi connectivity index (χ1n) is 6.53. The minimum Gasteiger partial charge on any atom is -0.291 e. The molecule has 0 fully saturated rings. The summed E-state index contributed by atoms with van der Waals surface area (Å²) in [7, 11) is 0. The number of pyridine rings is 1. The highest BCUT2D eigenvalue weighted by atomic mass is 79.9. The Bertz CT molecular complexity index is 494. The maximum Gasteiger partial charge on any atom is 0.0545 e. The predicted molar refractivity (Wildman–Crippen MR) is 82.8 cm³/mol. The Morgan fingerprint density at radius 1 is 1.05 bits per heavy atom. The lowest BCUT2D eigenvalue weighted by Gasteiger charge is -2.26. The van der Waals surface area contributed by atoms with Gasteiger partial charge < -0.3 is 0 Å². The molecule has 0 radical (unpaired) electrons. The van der Waals surface area contributed by atoms with Crippen LogP contribution >= 0.6 is 15.9 Å². The second kappa shape index (κ2) is 6.83. The number of aromatic nitrogens is 1. The topological polar surface area (TPSA) is 16.1 Å². The Morgan fingerprint density at radius 3 is 2.37 bits per heavy atom. The molecule has 0 atom stereocenters. The summed E-state index contributed by atoms with van der Waals surface area (Å²) in [6.07, 6.45) is 1.86. The summed E-state index contributed by atoms with van der Waals surface area (Å²) >= 11 is 3.42.